The van der Waals surface area contributed by atoms with E-state index in [9.17, 15) is 0 Å². The van der Waals surface area contributed by atoms with Crippen molar-refractivity contribution in [2.24, 2.45) is 0 Å². The lowest BCUT2D eigenvalue weighted by atomic mass is 9.99. The molecule has 2 heterocycles. The van der Waals surface area contributed by atoms with Crippen LogP contribution in [0.1, 0.15) is 29.5 Å². The Labute approximate surface area is 102 Å². The van der Waals surface area contributed by atoms with Crippen molar-refractivity contribution in [2.75, 3.05) is 33.7 Å². The van der Waals surface area contributed by atoms with Crippen molar-refractivity contribution < 1.29 is 0 Å². The van der Waals surface area contributed by atoms with E-state index >= 15 is 0 Å². The number of thiazole rings is 1. The van der Waals surface area contributed by atoms with Crippen molar-refractivity contribution >= 4 is 11.3 Å². The van der Waals surface area contributed by atoms with Crippen molar-refractivity contribution in [3.8, 4) is 0 Å². The smallest absolute Gasteiger partial charge is 0.0972 e. The molecule has 16 heavy (non-hydrogen) atoms. The topological polar surface area (TPSA) is 28.2 Å². The van der Waals surface area contributed by atoms with Crippen LogP contribution in [0.3, 0.4) is 0 Å². The molecular weight excluding hydrogens is 218 g/mol. The van der Waals surface area contributed by atoms with Gasteiger partial charge < -0.3 is 10.2 Å². The highest BCUT2D eigenvalue weighted by Crippen LogP contribution is 2.28. The predicted molar refractivity (Wildman–Crippen MR) is 69.2 cm³/mol. The molecule has 1 unspecified atom stereocenters. The monoisotopic (exact) mass is 239 g/mol. The molecule has 1 saturated heterocycles. The minimum Gasteiger partial charge on any atom is -0.319 e. The van der Waals surface area contributed by atoms with Crippen LogP contribution in [0.5, 0.6) is 0 Å². The van der Waals surface area contributed by atoms with Crippen LogP contribution in [-0.2, 0) is 6.42 Å². The molecule has 4 heteroatoms. The summed E-state index contributed by atoms with van der Waals surface area (Å²) in [5.41, 5.74) is 1.25. The molecular formula is C12H21N3S. The van der Waals surface area contributed by atoms with Gasteiger partial charge in [0.15, 0.2) is 0 Å². The fourth-order valence-corrected chi connectivity index (χ4v) is 3.23. The summed E-state index contributed by atoms with van der Waals surface area (Å²) in [5, 5.41) is 6.74. The summed E-state index contributed by atoms with van der Waals surface area (Å²) in [6.07, 6.45) is 3.67. The van der Waals surface area contributed by atoms with Gasteiger partial charge in [0.1, 0.15) is 0 Å². The second-order valence-electron chi connectivity index (χ2n) is 4.63. The third-order valence-corrected chi connectivity index (χ3v) is 4.23. The first-order valence-electron chi connectivity index (χ1n) is 6.07. The van der Waals surface area contributed by atoms with E-state index in [1.807, 2.05) is 18.4 Å². The number of piperidine rings is 1. The van der Waals surface area contributed by atoms with Crippen LogP contribution in [0.15, 0.2) is 5.38 Å². The predicted octanol–water partition coefficient (Wildman–Crippen LogP) is 1.71. The zero-order valence-corrected chi connectivity index (χ0v) is 11.0. The van der Waals surface area contributed by atoms with Crippen molar-refractivity contribution in [3.05, 3.63) is 16.1 Å². The van der Waals surface area contributed by atoms with Gasteiger partial charge in [-0.1, -0.05) is 0 Å². The minimum atomic E-state index is 0.673. The molecule has 1 aromatic rings. The minimum absolute atomic E-state index is 0.673. The van der Waals surface area contributed by atoms with Crippen molar-refractivity contribution in [2.45, 2.75) is 25.2 Å². The summed E-state index contributed by atoms with van der Waals surface area (Å²) in [5.74, 6) is 0.673. The van der Waals surface area contributed by atoms with Crippen LogP contribution >= 0.6 is 11.3 Å². The van der Waals surface area contributed by atoms with E-state index in [1.165, 1.54) is 36.6 Å². The first-order valence-corrected chi connectivity index (χ1v) is 6.95. The number of rotatable bonds is 4. The lowest BCUT2D eigenvalue weighted by molar-refractivity contribution is 0.250. The molecule has 1 aliphatic heterocycles. The molecule has 1 aliphatic rings. The van der Waals surface area contributed by atoms with Crippen LogP contribution in [0.2, 0.25) is 0 Å². The molecule has 0 amide bonds. The summed E-state index contributed by atoms with van der Waals surface area (Å²) in [4.78, 5) is 7.18. The number of aromatic nitrogens is 1. The Morgan fingerprint density at radius 1 is 1.62 bits per heavy atom. The SMILES string of the molecule is CNCCc1csc(C2CCCN(C)C2)n1. The molecule has 1 N–H and O–H groups in total. The number of nitrogens with one attached hydrogen (secondary N) is 1. The van der Waals surface area contributed by atoms with E-state index in [2.05, 4.69) is 22.6 Å². The normalized spacial score (nSPS) is 22.5. The average molecular weight is 239 g/mol. The third kappa shape index (κ3) is 3.03. The Bertz CT molecular complexity index is 324. The molecule has 1 atom stereocenters. The molecule has 0 bridgehead atoms. The second-order valence-corrected chi connectivity index (χ2v) is 5.52. The number of nitrogens with zero attached hydrogens (tertiary/aromatic N) is 2. The van der Waals surface area contributed by atoms with E-state index in [0.29, 0.717) is 5.92 Å². The molecule has 1 aromatic heterocycles. The molecule has 2 rings (SSSR count). The molecule has 1 fully saturated rings. The van der Waals surface area contributed by atoms with Gasteiger partial charge in [0.2, 0.25) is 0 Å². The zero-order valence-electron chi connectivity index (χ0n) is 10.2. The fraction of sp³-hybridized carbons (Fsp3) is 0.750. The summed E-state index contributed by atoms with van der Waals surface area (Å²) < 4.78 is 0. The number of hydrogen-bond acceptors (Lipinski definition) is 4. The van der Waals surface area contributed by atoms with E-state index in [-0.39, 0.29) is 0 Å². The lowest BCUT2D eigenvalue weighted by Crippen LogP contribution is -2.30. The Hall–Kier alpha value is -0.450. The van der Waals surface area contributed by atoms with Gasteiger partial charge in [0.05, 0.1) is 10.7 Å². The maximum Gasteiger partial charge on any atom is 0.0972 e. The molecule has 0 aromatic carbocycles. The first-order chi connectivity index (χ1) is 7.79. The highest BCUT2D eigenvalue weighted by molar-refractivity contribution is 7.09. The molecule has 0 radical (unpaired) electrons. The van der Waals surface area contributed by atoms with Gasteiger partial charge in [0.25, 0.3) is 0 Å². The standard InChI is InChI=1S/C12H21N3S/c1-13-6-5-11-9-16-12(14-11)10-4-3-7-15(2)8-10/h9-10,13H,3-8H2,1-2H3. The molecule has 3 nitrogen and oxygen atoms in total. The van der Waals surface area contributed by atoms with E-state index < -0.39 is 0 Å². The highest BCUT2D eigenvalue weighted by atomic mass is 32.1. The number of likely N-dealkylation sites (N-methyl/N-ethyl adjacent to an activating group) is 2. The van der Waals surface area contributed by atoms with Crippen LogP contribution < -0.4 is 5.32 Å². The highest BCUT2D eigenvalue weighted by Gasteiger charge is 2.21. The van der Waals surface area contributed by atoms with Gasteiger partial charge in [-0.05, 0) is 33.5 Å². The summed E-state index contributed by atoms with van der Waals surface area (Å²) >= 11 is 1.84. The summed E-state index contributed by atoms with van der Waals surface area (Å²) in [6.45, 7) is 3.45. The summed E-state index contributed by atoms with van der Waals surface area (Å²) in [7, 11) is 4.20. The molecule has 0 spiro atoms. The summed E-state index contributed by atoms with van der Waals surface area (Å²) in [6, 6.07) is 0. The van der Waals surface area contributed by atoms with Gasteiger partial charge in [0, 0.05) is 30.8 Å². The molecule has 90 valence electrons. The van der Waals surface area contributed by atoms with Gasteiger partial charge in [-0.25, -0.2) is 4.98 Å². The maximum absolute atomic E-state index is 4.76. The van der Waals surface area contributed by atoms with Crippen LogP contribution in [-0.4, -0.2) is 43.6 Å². The molecule has 0 saturated carbocycles. The van der Waals surface area contributed by atoms with Gasteiger partial charge in [-0.15, -0.1) is 11.3 Å². The number of likely N-dealkylation sites (tertiary alicyclic amines) is 1. The van der Waals surface area contributed by atoms with Gasteiger partial charge in [-0.2, -0.15) is 0 Å². The Balaban J connectivity index is 1.95. The Morgan fingerprint density at radius 2 is 2.50 bits per heavy atom. The number of hydrogen-bond donors (Lipinski definition) is 1. The lowest BCUT2D eigenvalue weighted by Gasteiger charge is -2.28. The largest absolute Gasteiger partial charge is 0.319 e. The van der Waals surface area contributed by atoms with E-state index in [1.54, 1.807) is 0 Å². The molecule has 0 aliphatic carbocycles. The maximum atomic E-state index is 4.76. The van der Waals surface area contributed by atoms with Crippen molar-refractivity contribution in [1.29, 1.82) is 0 Å². The fourth-order valence-electron chi connectivity index (χ4n) is 2.25. The zero-order chi connectivity index (χ0) is 11.4. The van der Waals surface area contributed by atoms with Crippen molar-refractivity contribution in [1.82, 2.24) is 15.2 Å². The third-order valence-electron chi connectivity index (χ3n) is 3.17. The van der Waals surface area contributed by atoms with Gasteiger partial charge in [-0.3, -0.25) is 0 Å². The van der Waals surface area contributed by atoms with E-state index in [4.69, 9.17) is 4.98 Å². The van der Waals surface area contributed by atoms with E-state index in [0.717, 1.165) is 13.0 Å². The van der Waals surface area contributed by atoms with Crippen LogP contribution in [0.25, 0.3) is 0 Å². The second kappa shape index (κ2) is 5.75. The first kappa shape index (κ1) is 12.0. The quantitative estimate of drug-likeness (QED) is 0.867. The average Bonchev–Trinajstić information content (AvgIpc) is 2.75. The Kier molecular flexibility index (Phi) is 4.32. The van der Waals surface area contributed by atoms with Crippen LogP contribution in [0, 0.1) is 0 Å². The van der Waals surface area contributed by atoms with Crippen molar-refractivity contribution in [3.63, 3.8) is 0 Å². The van der Waals surface area contributed by atoms with Gasteiger partial charge >= 0.3 is 0 Å². The van der Waals surface area contributed by atoms with Crippen LogP contribution in [0.4, 0.5) is 0 Å². The Morgan fingerprint density at radius 3 is 3.25 bits per heavy atom.